The number of nitrogen functional groups attached to an aromatic ring is 1. The van der Waals surface area contributed by atoms with Crippen LogP contribution in [0.15, 0.2) is 22.9 Å². The normalized spacial score (nSPS) is 10.4. The molecule has 0 unspecified atom stereocenters. The lowest BCUT2D eigenvalue weighted by atomic mass is 10.2. The SMILES string of the molecule is Cc1c(N)ncnc1Nc1cc(F)c(Br)cc1F. The molecule has 7 heteroatoms. The molecule has 0 aliphatic rings. The second-order valence-electron chi connectivity index (χ2n) is 3.60. The molecule has 0 aliphatic carbocycles. The highest BCUT2D eigenvalue weighted by Crippen LogP contribution is 2.27. The standard InChI is InChI=1S/C11H9BrF2N4/c1-5-10(15)16-4-17-11(5)18-9-3-7(13)6(12)2-8(9)14/h2-4H,1H3,(H3,15,16,17,18). The molecular formula is C11H9BrF2N4. The minimum absolute atomic E-state index is 0.0168. The largest absolute Gasteiger partial charge is 0.383 e. The highest BCUT2D eigenvalue weighted by Gasteiger charge is 2.11. The number of benzene rings is 1. The molecule has 0 radical (unpaired) electrons. The number of aromatic nitrogens is 2. The molecule has 1 aromatic heterocycles. The Labute approximate surface area is 110 Å². The smallest absolute Gasteiger partial charge is 0.148 e. The number of hydrogen-bond donors (Lipinski definition) is 2. The summed E-state index contributed by atoms with van der Waals surface area (Å²) in [5.41, 5.74) is 6.15. The summed E-state index contributed by atoms with van der Waals surface area (Å²) in [5.74, 6) is -0.549. The maximum atomic E-state index is 13.6. The Morgan fingerprint density at radius 1 is 1.22 bits per heavy atom. The quantitative estimate of drug-likeness (QED) is 0.836. The van der Waals surface area contributed by atoms with Gasteiger partial charge in [0.2, 0.25) is 0 Å². The Kier molecular flexibility index (Phi) is 3.42. The van der Waals surface area contributed by atoms with Crippen LogP contribution in [0.3, 0.4) is 0 Å². The number of rotatable bonds is 2. The fourth-order valence-corrected chi connectivity index (χ4v) is 1.65. The number of nitrogens with one attached hydrogen (secondary N) is 1. The van der Waals surface area contributed by atoms with Crippen LogP contribution in [0.2, 0.25) is 0 Å². The average Bonchev–Trinajstić information content (AvgIpc) is 2.32. The van der Waals surface area contributed by atoms with Gasteiger partial charge in [-0.15, -0.1) is 0 Å². The first kappa shape index (κ1) is 12.7. The van der Waals surface area contributed by atoms with Gasteiger partial charge in [-0.3, -0.25) is 0 Å². The van der Waals surface area contributed by atoms with Gasteiger partial charge in [-0.1, -0.05) is 0 Å². The van der Waals surface area contributed by atoms with Crippen LogP contribution in [0, 0.1) is 18.6 Å². The van der Waals surface area contributed by atoms with E-state index in [4.69, 9.17) is 5.73 Å². The summed E-state index contributed by atoms with van der Waals surface area (Å²) >= 11 is 2.90. The van der Waals surface area contributed by atoms with Crippen LogP contribution >= 0.6 is 15.9 Å². The van der Waals surface area contributed by atoms with Crippen molar-refractivity contribution in [3.8, 4) is 0 Å². The van der Waals surface area contributed by atoms with Crippen molar-refractivity contribution >= 4 is 33.3 Å². The zero-order valence-electron chi connectivity index (χ0n) is 9.34. The third-order valence-corrected chi connectivity index (χ3v) is 2.99. The summed E-state index contributed by atoms with van der Waals surface area (Å²) in [4.78, 5) is 7.71. The molecule has 0 amide bonds. The molecule has 0 aliphatic heterocycles. The summed E-state index contributed by atoms with van der Waals surface area (Å²) in [6, 6.07) is 2.08. The first-order chi connectivity index (χ1) is 8.49. The van der Waals surface area contributed by atoms with Crippen molar-refractivity contribution in [2.24, 2.45) is 0 Å². The first-order valence-electron chi connectivity index (χ1n) is 4.97. The van der Waals surface area contributed by atoms with Crippen molar-refractivity contribution < 1.29 is 8.78 Å². The van der Waals surface area contributed by atoms with E-state index < -0.39 is 11.6 Å². The second kappa shape index (κ2) is 4.85. The second-order valence-corrected chi connectivity index (χ2v) is 4.46. The number of anilines is 3. The maximum Gasteiger partial charge on any atom is 0.148 e. The van der Waals surface area contributed by atoms with Crippen LogP contribution in [-0.2, 0) is 0 Å². The Morgan fingerprint density at radius 2 is 1.94 bits per heavy atom. The molecule has 0 bridgehead atoms. The zero-order chi connectivity index (χ0) is 13.3. The van der Waals surface area contributed by atoms with Gasteiger partial charge < -0.3 is 11.1 Å². The first-order valence-corrected chi connectivity index (χ1v) is 5.77. The van der Waals surface area contributed by atoms with Crippen molar-refractivity contribution in [3.63, 3.8) is 0 Å². The summed E-state index contributed by atoms with van der Waals surface area (Å²) in [6.45, 7) is 1.69. The molecule has 94 valence electrons. The summed E-state index contributed by atoms with van der Waals surface area (Å²) in [6.07, 6.45) is 1.25. The van der Waals surface area contributed by atoms with Crippen LogP contribution in [0.4, 0.5) is 26.1 Å². The molecule has 2 aromatic rings. The number of halogens is 3. The Bertz CT molecular complexity index is 604. The molecule has 4 nitrogen and oxygen atoms in total. The van der Waals surface area contributed by atoms with Crippen molar-refractivity contribution in [3.05, 3.63) is 40.1 Å². The summed E-state index contributed by atoms with van der Waals surface area (Å²) in [5, 5.41) is 2.68. The van der Waals surface area contributed by atoms with E-state index in [2.05, 4.69) is 31.2 Å². The lowest BCUT2D eigenvalue weighted by molar-refractivity contribution is 0.597. The van der Waals surface area contributed by atoms with E-state index in [0.717, 1.165) is 12.1 Å². The fraction of sp³-hybridized carbons (Fsp3) is 0.0909. The third kappa shape index (κ3) is 2.40. The van der Waals surface area contributed by atoms with Gasteiger partial charge in [0.25, 0.3) is 0 Å². The molecule has 1 heterocycles. The molecule has 18 heavy (non-hydrogen) atoms. The molecule has 0 fully saturated rings. The summed E-state index contributed by atoms with van der Waals surface area (Å²) in [7, 11) is 0. The summed E-state index contributed by atoms with van der Waals surface area (Å²) < 4.78 is 27.0. The minimum Gasteiger partial charge on any atom is -0.383 e. The van der Waals surface area contributed by atoms with Crippen molar-refractivity contribution in [1.82, 2.24) is 9.97 Å². The number of nitrogens with two attached hydrogens (primary N) is 1. The van der Waals surface area contributed by atoms with E-state index in [1.807, 2.05) is 0 Å². The molecule has 0 saturated heterocycles. The van der Waals surface area contributed by atoms with Crippen LogP contribution in [0.5, 0.6) is 0 Å². The molecule has 2 rings (SSSR count). The van der Waals surface area contributed by atoms with E-state index in [9.17, 15) is 8.78 Å². The monoisotopic (exact) mass is 314 g/mol. The lowest BCUT2D eigenvalue weighted by Crippen LogP contribution is -2.03. The Morgan fingerprint density at radius 3 is 2.67 bits per heavy atom. The van der Waals surface area contributed by atoms with E-state index in [1.54, 1.807) is 6.92 Å². The van der Waals surface area contributed by atoms with E-state index >= 15 is 0 Å². The van der Waals surface area contributed by atoms with E-state index in [1.165, 1.54) is 6.33 Å². The molecular weight excluding hydrogens is 306 g/mol. The van der Waals surface area contributed by atoms with Gasteiger partial charge >= 0.3 is 0 Å². The van der Waals surface area contributed by atoms with E-state index in [-0.39, 0.29) is 16.0 Å². The van der Waals surface area contributed by atoms with Crippen LogP contribution in [-0.4, -0.2) is 9.97 Å². The predicted molar refractivity (Wildman–Crippen MR) is 68.5 cm³/mol. The lowest BCUT2D eigenvalue weighted by Gasteiger charge is -2.10. The van der Waals surface area contributed by atoms with Gasteiger partial charge in [0.15, 0.2) is 0 Å². The van der Waals surface area contributed by atoms with Crippen LogP contribution < -0.4 is 11.1 Å². The molecule has 1 aromatic carbocycles. The highest BCUT2D eigenvalue weighted by molar-refractivity contribution is 9.10. The number of nitrogens with zero attached hydrogens (tertiary/aromatic N) is 2. The van der Waals surface area contributed by atoms with Gasteiger partial charge in [0.1, 0.15) is 29.6 Å². The molecule has 0 spiro atoms. The van der Waals surface area contributed by atoms with Gasteiger partial charge in [-0.05, 0) is 28.9 Å². The van der Waals surface area contributed by atoms with Gasteiger partial charge in [0, 0.05) is 11.6 Å². The Hall–Kier alpha value is -1.76. The highest BCUT2D eigenvalue weighted by atomic mass is 79.9. The topological polar surface area (TPSA) is 63.8 Å². The van der Waals surface area contributed by atoms with Crippen molar-refractivity contribution in [2.75, 3.05) is 11.1 Å². The fourth-order valence-electron chi connectivity index (χ4n) is 1.34. The van der Waals surface area contributed by atoms with E-state index in [0.29, 0.717) is 11.4 Å². The third-order valence-electron chi connectivity index (χ3n) is 2.39. The van der Waals surface area contributed by atoms with Crippen molar-refractivity contribution in [2.45, 2.75) is 6.92 Å². The number of hydrogen-bond acceptors (Lipinski definition) is 4. The molecule has 0 atom stereocenters. The van der Waals surface area contributed by atoms with Crippen molar-refractivity contribution in [1.29, 1.82) is 0 Å². The van der Waals surface area contributed by atoms with Gasteiger partial charge in [-0.2, -0.15) is 0 Å². The van der Waals surface area contributed by atoms with Gasteiger partial charge in [0.05, 0.1) is 10.2 Å². The van der Waals surface area contributed by atoms with Gasteiger partial charge in [-0.25, -0.2) is 18.7 Å². The Balaban J connectivity index is 2.40. The minimum atomic E-state index is -0.597. The van der Waals surface area contributed by atoms with Crippen LogP contribution in [0.25, 0.3) is 0 Å². The average molecular weight is 315 g/mol. The molecule has 3 N–H and O–H groups in total. The molecule has 0 saturated carbocycles. The van der Waals surface area contributed by atoms with Crippen LogP contribution in [0.1, 0.15) is 5.56 Å². The predicted octanol–water partition coefficient (Wildman–Crippen LogP) is 3.15. The maximum absolute atomic E-state index is 13.6. The zero-order valence-corrected chi connectivity index (χ0v) is 10.9.